The van der Waals surface area contributed by atoms with Crippen molar-refractivity contribution in [1.82, 2.24) is 4.90 Å². The van der Waals surface area contributed by atoms with Crippen molar-refractivity contribution in [2.75, 3.05) is 14.1 Å². The van der Waals surface area contributed by atoms with Crippen LogP contribution in [-0.4, -0.2) is 53.6 Å². The maximum absolute atomic E-state index is 14.1. The Morgan fingerprint density at radius 3 is 2.37 bits per heavy atom. The second-order valence-electron chi connectivity index (χ2n) is 12.9. The van der Waals surface area contributed by atoms with Crippen LogP contribution in [0.4, 0.5) is 0 Å². The molecule has 0 radical (unpaired) electrons. The van der Waals surface area contributed by atoms with Crippen molar-refractivity contribution in [3.8, 4) is 0 Å². The van der Waals surface area contributed by atoms with E-state index >= 15 is 0 Å². The summed E-state index contributed by atoms with van der Waals surface area (Å²) in [5, 5.41) is 11.3. The first-order valence-corrected chi connectivity index (χ1v) is 12.2. The molecule has 5 fully saturated rings. The zero-order valence-electron chi connectivity index (χ0n) is 19.9. The van der Waals surface area contributed by atoms with Gasteiger partial charge in [-0.3, -0.25) is 4.79 Å². The number of Topliss-reactive ketones (excluding diaryl/α,β-unsaturated/α-hetero) is 1. The average Bonchev–Trinajstić information content (AvgIpc) is 3.28. The number of aliphatic hydroxyl groups excluding tert-OH is 1. The Labute approximate surface area is 182 Å². The molecule has 0 aromatic rings. The Morgan fingerprint density at radius 1 is 1.10 bits per heavy atom. The van der Waals surface area contributed by atoms with Crippen molar-refractivity contribution in [3.05, 3.63) is 0 Å². The van der Waals surface area contributed by atoms with Crippen LogP contribution in [0.25, 0.3) is 0 Å². The molecule has 30 heavy (non-hydrogen) atoms. The number of ketones is 1. The second kappa shape index (κ2) is 5.89. The summed E-state index contributed by atoms with van der Waals surface area (Å²) in [5.74, 6) is 1.33. The largest absolute Gasteiger partial charge is 0.393 e. The van der Waals surface area contributed by atoms with Gasteiger partial charge in [-0.2, -0.15) is 0 Å². The maximum Gasteiger partial charge on any atom is 0.140 e. The molecule has 5 rings (SSSR count). The van der Waals surface area contributed by atoms with Crippen molar-refractivity contribution in [2.24, 2.45) is 50.9 Å². The lowest BCUT2D eigenvalue weighted by atomic mass is 9.42. The van der Waals surface area contributed by atoms with E-state index in [0.29, 0.717) is 24.0 Å². The Morgan fingerprint density at radius 2 is 1.73 bits per heavy atom. The molecule has 0 aliphatic heterocycles. The van der Waals surface area contributed by atoms with Crippen LogP contribution in [-0.2, 0) is 4.79 Å². The molecular weight excluding hydrogens is 374 g/mol. The third-order valence-electron chi connectivity index (χ3n) is 12.0. The molecule has 11 atom stereocenters. The lowest BCUT2D eigenvalue weighted by Gasteiger charge is -2.62. The van der Waals surface area contributed by atoms with Crippen LogP contribution in [0.15, 0.2) is 0 Å². The van der Waals surface area contributed by atoms with Crippen LogP contribution >= 0.6 is 0 Å². The Hall–Kier alpha value is -0.490. The van der Waals surface area contributed by atoms with E-state index in [9.17, 15) is 9.90 Å². The van der Waals surface area contributed by atoms with Gasteiger partial charge in [-0.05, 0) is 94.5 Å². The highest BCUT2D eigenvalue weighted by Crippen LogP contribution is 2.87. The molecule has 5 heteroatoms. The van der Waals surface area contributed by atoms with Gasteiger partial charge in [0.25, 0.3) is 0 Å². The summed E-state index contributed by atoms with van der Waals surface area (Å²) in [6.45, 7) is 9.10. The normalized spacial score (nSPS) is 60.5. The molecule has 5 aliphatic carbocycles. The molecule has 0 bridgehead atoms. The lowest BCUT2D eigenvalue weighted by Crippen LogP contribution is -2.67. The molecular formula is C25H43N3O2. The zero-order chi connectivity index (χ0) is 22.1. The van der Waals surface area contributed by atoms with Crippen LogP contribution in [0.5, 0.6) is 0 Å². The summed E-state index contributed by atoms with van der Waals surface area (Å²) in [6.07, 6.45) is 6.24. The van der Waals surface area contributed by atoms with Crippen LogP contribution in [0.1, 0.15) is 72.6 Å². The third-order valence-corrected chi connectivity index (χ3v) is 12.0. The van der Waals surface area contributed by atoms with Crippen molar-refractivity contribution >= 4 is 5.78 Å². The van der Waals surface area contributed by atoms with Crippen LogP contribution in [0.3, 0.4) is 0 Å². The molecule has 5 saturated carbocycles. The molecule has 0 amide bonds. The van der Waals surface area contributed by atoms with E-state index in [1.165, 1.54) is 0 Å². The molecule has 0 unspecified atom stereocenters. The van der Waals surface area contributed by atoms with Gasteiger partial charge >= 0.3 is 0 Å². The predicted molar refractivity (Wildman–Crippen MR) is 119 cm³/mol. The Kier molecular flexibility index (Phi) is 4.20. The van der Waals surface area contributed by atoms with E-state index in [2.05, 4.69) is 46.7 Å². The number of hydrogen-bond acceptors (Lipinski definition) is 5. The Bertz CT molecular complexity index is 782. The summed E-state index contributed by atoms with van der Waals surface area (Å²) in [4.78, 5) is 16.3. The summed E-state index contributed by atoms with van der Waals surface area (Å²) >= 11 is 0. The highest BCUT2D eigenvalue weighted by atomic mass is 16.3. The smallest absolute Gasteiger partial charge is 0.140 e. The molecule has 5 aliphatic rings. The fourth-order valence-corrected chi connectivity index (χ4v) is 10.1. The topological polar surface area (TPSA) is 92.6 Å². The minimum atomic E-state index is -0.383. The quantitative estimate of drug-likeness (QED) is 0.642. The highest BCUT2D eigenvalue weighted by molar-refractivity contribution is 5.92. The van der Waals surface area contributed by atoms with Crippen molar-refractivity contribution in [2.45, 2.75) is 96.4 Å². The van der Waals surface area contributed by atoms with Gasteiger partial charge in [-0.25, -0.2) is 0 Å². The minimum absolute atomic E-state index is 0.00566. The molecule has 170 valence electrons. The van der Waals surface area contributed by atoms with Gasteiger partial charge in [0.05, 0.1) is 6.10 Å². The lowest BCUT2D eigenvalue weighted by molar-refractivity contribution is -0.166. The van der Waals surface area contributed by atoms with Gasteiger partial charge in [0.1, 0.15) is 5.78 Å². The zero-order valence-corrected chi connectivity index (χ0v) is 19.9. The van der Waals surface area contributed by atoms with Crippen LogP contribution in [0, 0.1) is 39.4 Å². The van der Waals surface area contributed by atoms with E-state index in [1.54, 1.807) is 0 Å². The number of nitrogens with two attached hydrogens (primary N) is 2. The van der Waals surface area contributed by atoms with Crippen molar-refractivity contribution in [1.29, 1.82) is 0 Å². The summed E-state index contributed by atoms with van der Waals surface area (Å²) in [5.41, 5.74) is 12.6. The number of rotatable bonds is 2. The van der Waals surface area contributed by atoms with E-state index in [-0.39, 0.29) is 51.3 Å². The molecule has 0 aromatic carbocycles. The highest BCUT2D eigenvalue weighted by Gasteiger charge is 2.86. The maximum atomic E-state index is 14.1. The number of aliphatic hydroxyl groups is 1. The van der Waals surface area contributed by atoms with Gasteiger partial charge in [-0.1, -0.05) is 13.8 Å². The molecule has 0 saturated heterocycles. The van der Waals surface area contributed by atoms with E-state index in [4.69, 9.17) is 11.5 Å². The first kappa shape index (κ1) is 21.4. The van der Waals surface area contributed by atoms with E-state index < -0.39 is 0 Å². The first-order chi connectivity index (χ1) is 13.8. The average molecular weight is 418 g/mol. The third kappa shape index (κ3) is 2.08. The number of hydrogen-bond donors (Lipinski definition) is 3. The van der Waals surface area contributed by atoms with E-state index in [1.807, 2.05) is 0 Å². The van der Waals surface area contributed by atoms with Gasteiger partial charge in [0.15, 0.2) is 0 Å². The van der Waals surface area contributed by atoms with Gasteiger partial charge in [0.2, 0.25) is 0 Å². The minimum Gasteiger partial charge on any atom is -0.393 e. The number of carbonyl (C=O) groups excluding carboxylic acids is 1. The fourth-order valence-electron chi connectivity index (χ4n) is 10.1. The number of carbonyl (C=O) groups is 1. The predicted octanol–water partition coefficient (Wildman–Crippen LogP) is 2.54. The standard InChI is InChI=1S/C25H43N3O2/c1-14(28(5)6)20-15(29)11-21(2)16-7-8-17-23(4,27)18(26)9-10-24(17)13-25(16,24)19(30)12-22(20,21)3/h14-18,20,29H,7-13,26-27H2,1-6H3/t14-,15+,16-,17-,18-,20-,21-,22+,23-,24+,25+/m0/s1. The first-order valence-electron chi connectivity index (χ1n) is 12.2. The summed E-state index contributed by atoms with van der Waals surface area (Å²) in [7, 11) is 4.19. The molecule has 5 N–H and O–H groups in total. The van der Waals surface area contributed by atoms with Crippen LogP contribution < -0.4 is 11.5 Å². The van der Waals surface area contributed by atoms with Crippen LogP contribution in [0.2, 0.25) is 0 Å². The molecule has 0 heterocycles. The van der Waals surface area contributed by atoms with Crippen molar-refractivity contribution in [3.63, 3.8) is 0 Å². The van der Waals surface area contributed by atoms with Gasteiger partial charge in [-0.15, -0.1) is 0 Å². The molecule has 2 spiro atoms. The summed E-state index contributed by atoms with van der Waals surface area (Å²) in [6, 6.07) is 0.277. The SMILES string of the molecule is C[C@@H]([C@H]1[C@H](O)C[C@@]2(C)[C@@H]3CC[C@H]4[C@](C)(N)[C@@H](N)CC[C@@]45C[C@]35C(=O)C[C@]12C)N(C)C. The summed E-state index contributed by atoms with van der Waals surface area (Å²) < 4.78 is 0. The number of fused-ring (bicyclic) bond motifs is 2. The molecule has 0 aromatic heterocycles. The van der Waals surface area contributed by atoms with Crippen molar-refractivity contribution < 1.29 is 9.90 Å². The fraction of sp³-hybridized carbons (Fsp3) is 0.960. The van der Waals surface area contributed by atoms with Gasteiger partial charge < -0.3 is 21.5 Å². The second-order valence-corrected chi connectivity index (χ2v) is 12.9. The van der Waals surface area contributed by atoms with Gasteiger partial charge in [0, 0.05) is 35.4 Å². The Balaban J connectivity index is 1.58. The number of nitrogens with zero attached hydrogens (tertiary/aromatic N) is 1. The monoisotopic (exact) mass is 417 g/mol. The molecule has 5 nitrogen and oxygen atoms in total. The van der Waals surface area contributed by atoms with E-state index in [0.717, 1.165) is 38.5 Å².